The molecule has 20 nitrogen and oxygen atoms in total. The number of thiazole rings is 1. The fraction of sp³-hybridized carbons (Fsp3) is 0.548. The van der Waals surface area contributed by atoms with Crippen LogP contribution < -0.4 is 18.9 Å². The summed E-state index contributed by atoms with van der Waals surface area (Å²) in [6, 6.07) is 15.5. The SMILES string of the molecule is C=CC(=O)OCC(COc1ccc(OC(O)C2CCC(C(=O)OCCC3CC=C(OC(O)C4CCC(C(=O)Oc5ccc(OCC(COC(O)CC)OC(O)C=C)cc5)CC4)c4nc(C5=CCC(C#N)CC5)sc43)CC2)cc1)OC(=O)CC. The first-order chi connectivity index (χ1) is 40.1. The Morgan fingerprint density at radius 3 is 1.94 bits per heavy atom. The maximum atomic E-state index is 13.4. The zero-order chi connectivity index (χ0) is 59.3. The molecule has 7 rings (SSSR count). The molecular formula is C62H78N2O18S. The van der Waals surface area contributed by atoms with E-state index in [-0.39, 0.29) is 86.9 Å². The Morgan fingerprint density at radius 2 is 1.35 bits per heavy atom. The van der Waals surface area contributed by atoms with Crippen LogP contribution in [0.5, 0.6) is 23.0 Å². The summed E-state index contributed by atoms with van der Waals surface area (Å²) in [6.07, 6.45) is 8.30. The normalized spacial score (nSPS) is 22.6. The van der Waals surface area contributed by atoms with E-state index in [4.69, 9.17) is 52.4 Å². The lowest BCUT2D eigenvalue weighted by atomic mass is 9.81. The Bertz CT molecular complexity index is 2700. The Balaban J connectivity index is 0.855. The summed E-state index contributed by atoms with van der Waals surface area (Å²) < 4.78 is 56.6. The fourth-order valence-corrected chi connectivity index (χ4v) is 11.5. The van der Waals surface area contributed by atoms with Gasteiger partial charge in [0.05, 0.1) is 37.0 Å². The topological polar surface area (TPSA) is 278 Å². The summed E-state index contributed by atoms with van der Waals surface area (Å²) in [4.78, 5) is 56.2. The molecule has 21 heteroatoms. The van der Waals surface area contributed by atoms with E-state index >= 15 is 0 Å². The van der Waals surface area contributed by atoms with Crippen molar-refractivity contribution in [3.05, 3.63) is 102 Å². The van der Waals surface area contributed by atoms with Crippen LogP contribution in [0.2, 0.25) is 0 Å². The quantitative estimate of drug-likeness (QED) is 0.0117. The lowest BCUT2D eigenvalue weighted by Gasteiger charge is -2.31. The van der Waals surface area contributed by atoms with Gasteiger partial charge in [0.15, 0.2) is 31.3 Å². The number of carbonyl (C=O) groups is 4. The molecule has 8 atom stereocenters. The van der Waals surface area contributed by atoms with Crippen molar-refractivity contribution >= 4 is 46.5 Å². The number of carbonyl (C=O) groups excluding carboxylic acids is 4. The van der Waals surface area contributed by atoms with E-state index in [0.717, 1.165) is 34.4 Å². The first kappa shape index (κ1) is 63.9. The predicted molar refractivity (Wildman–Crippen MR) is 303 cm³/mol. The minimum absolute atomic E-state index is 0.00826. The van der Waals surface area contributed by atoms with Crippen molar-refractivity contribution in [3.63, 3.8) is 0 Å². The molecule has 4 aliphatic rings. The van der Waals surface area contributed by atoms with Crippen LogP contribution in [0.25, 0.3) is 11.3 Å². The summed E-state index contributed by atoms with van der Waals surface area (Å²) in [5.41, 5.74) is 1.73. The smallest absolute Gasteiger partial charge is 0.330 e. The summed E-state index contributed by atoms with van der Waals surface area (Å²) in [5, 5.41) is 52.6. The van der Waals surface area contributed by atoms with Crippen molar-refractivity contribution in [1.82, 2.24) is 4.98 Å². The summed E-state index contributed by atoms with van der Waals surface area (Å²) in [5.74, 6) is -0.782. The van der Waals surface area contributed by atoms with Crippen LogP contribution in [0.15, 0.2) is 86.0 Å². The van der Waals surface area contributed by atoms with Gasteiger partial charge < -0.3 is 67.8 Å². The van der Waals surface area contributed by atoms with Crippen molar-refractivity contribution < 1.29 is 87.0 Å². The number of allylic oxidation sites excluding steroid dienone is 3. The third-order valence-corrected chi connectivity index (χ3v) is 16.5. The molecular weight excluding hydrogens is 1090 g/mol. The largest absolute Gasteiger partial charge is 0.491 e. The van der Waals surface area contributed by atoms with E-state index in [1.54, 1.807) is 73.7 Å². The van der Waals surface area contributed by atoms with Crippen LogP contribution in [0.4, 0.5) is 0 Å². The fourth-order valence-electron chi connectivity index (χ4n) is 10.2. The van der Waals surface area contributed by atoms with Gasteiger partial charge in [-0.1, -0.05) is 33.1 Å². The molecule has 2 aromatic carbocycles. The van der Waals surface area contributed by atoms with E-state index in [1.165, 1.54) is 6.08 Å². The molecule has 0 spiro atoms. The molecule has 0 amide bonds. The second kappa shape index (κ2) is 32.4. The number of esters is 4. The van der Waals surface area contributed by atoms with Crippen LogP contribution in [0.3, 0.4) is 0 Å². The molecule has 0 bridgehead atoms. The number of aromatic nitrogens is 1. The molecule has 83 heavy (non-hydrogen) atoms. The summed E-state index contributed by atoms with van der Waals surface area (Å²) in [6.45, 7) is 10.2. The van der Waals surface area contributed by atoms with E-state index in [1.807, 2.05) is 6.08 Å². The number of aliphatic hydroxyl groups is 4. The molecule has 1 heterocycles. The van der Waals surface area contributed by atoms with Gasteiger partial charge in [-0.05, 0) is 156 Å². The third-order valence-electron chi connectivity index (χ3n) is 15.2. The molecule has 450 valence electrons. The zero-order valence-corrected chi connectivity index (χ0v) is 48.0. The highest BCUT2D eigenvalue weighted by Crippen LogP contribution is 2.45. The molecule has 2 saturated carbocycles. The van der Waals surface area contributed by atoms with Gasteiger partial charge in [-0.25, -0.2) is 9.78 Å². The van der Waals surface area contributed by atoms with Crippen LogP contribution in [-0.4, -0.2) is 120 Å². The Kier molecular flexibility index (Phi) is 25.0. The minimum Gasteiger partial charge on any atom is -0.491 e. The van der Waals surface area contributed by atoms with E-state index in [9.17, 15) is 44.9 Å². The van der Waals surface area contributed by atoms with Gasteiger partial charge in [-0.3, -0.25) is 14.4 Å². The van der Waals surface area contributed by atoms with E-state index in [0.29, 0.717) is 112 Å². The highest BCUT2D eigenvalue weighted by Gasteiger charge is 2.36. The molecule has 0 radical (unpaired) electrons. The summed E-state index contributed by atoms with van der Waals surface area (Å²) in [7, 11) is 0. The van der Waals surface area contributed by atoms with Crippen LogP contribution in [0, 0.1) is 40.9 Å². The van der Waals surface area contributed by atoms with Crippen molar-refractivity contribution in [1.29, 1.82) is 5.26 Å². The number of aliphatic hydroxyl groups excluding tert-OH is 4. The molecule has 4 N–H and O–H groups in total. The van der Waals surface area contributed by atoms with Crippen molar-refractivity contribution in [3.8, 4) is 29.1 Å². The van der Waals surface area contributed by atoms with Gasteiger partial charge in [-0.2, -0.15) is 5.26 Å². The molecule has 3 aromatic rings. The zero-order valence-electron chi connectivity index (χ0n) is 47.2. The molecule has 2 fully saturated rings. The summed E-state index contributed by atoms with van der Waals surface area (Å²) >= 11 is 1.57. The third kappa shape index (κ3) is 19.5. The highest BCUT2D eigenvalue weighted by atomic mass is 32.1. The minimum atomic E-state index is -1.24. The van der Waals surface area contributed by atoms with Crippen LogP contribution >= 0.6 is 11.3 Å². The number of ether oxygens (including phenoxy) is 10. The lowest BCUT2D eigenvalue weighted by Crippen LogP contribution is -2.32. The first-order valence-corrected chi connectivity index (χ1v) is 29.5. The van der Waals surface area contributed by atoms with Gasteiger partial charge in [0.1, 0.15) is 65.4 Å². The Labute approximate surface area is 488 Å². The van der Waals surface area contributed by atoms with E-state index < -0.39 is 49.3 Å². The van der Waals surface area contributed by atoms with Crippen LogP contribution in [0.1, 0.15) is 132 Å². The van der Waals surface area contributed by atoms with Crippen molar-refractivity contribution in [2.24, 2.45) is 29.6 Å². The van der Waals surface area contributed by atoms with Crippen molar-refractivity contribution in [2.45, 2.75) is 153 Å². The van der Waals surface area contributed by atoms with Crippen molar-refractivity contribution in [2.75, 3.05) is 33.0 Å². The molecule has 8 unspecified atom stereocenters. The number of rotatable bonds is 31. The molecule has 4 aliphatic carbocycles. The van der Waals surface area contributed by atoms with Gasteiger partial charge in [0.2, 0.25) is 0 Å². The van der Waals surface area contributed by atoms with Gasteiger partial charge in [-0.15, -0.1) is 11.3 Å². The maximum Gasteiger partial charge on any atom is 0.330 e. The second-order valence-electron chi connectivity index (χ2n) is 21.1. The predicted octanol–water partition coefficient (Wildman–Crippen LogP) is 9.01. The first-order valence-electron chi connectivity index (χ1n) is 28.7. The van der Waals surface area contributed by atoms with Crippen LogP contribution in [-0.2, 0) is 47.6 Å². The number of benzene rings is 2. The maximum absolute atomic E-state index is 13.4. The van der Waals surface area contributed by atoms with Gasteiger partial charge >= 0.3 is 23.9 Å². The number of fused-ring (bicyclic) bond motifs is 1. The second-order valence-corrected chi connectivity index (χ2v) is 22.2. The molecule has 0 aliphatic heterocycles. The van der Waals surface area contributed by atoms with Gasteiger partial charge in [0, 0.05) is 35.1 Å². The molecule has 1 aromatic heterocycles. The Morgan fingerprint density at radius 1 is 0.735 bits per heavy atom. The average Bonchev–Trinajstić information content (AvgIpc) is 4.10. The monoisotopic (exact) mass is 1170 g/mol. The number of hydrogen-bond donors (Lipinski definition) is 4. The molecule has 0 saturated heterocycles. The number of hydrogen-bond acceptors (Lipinski definition) is 21. The standard InChI is InChI=1S/C62H78N2O18S/c1-5-52(65)76-36-49(78-54(67)7-3)34-74-45-22-26-47(27-23-45)80-60(70)42-15-13-41(14-16-42)59(69)73-32-31-39-21-30-51(56-57(39)83-58(64-56)40-11-9-38(33-63)10-12-40)82-62(72)44-19-17-43(18-20-44)61(71)81-48-28-24-46(25-29-48)75-35-50(79-55(68)8-4)37-77-53(66)6-2/h5,8,11,22-30,38-39,41-44,49-50,53,55,60,62,66,68,70,72H,1,4,6-7,9-10,12-21,31-32,34-37H2,2-3H3. The van der Waals surface area contributed by atoms with Gasteiger partial charge in [0.25, 0.3) is 0 Å². The Hall–Kier alpha value is -6.64. The average molecular weight is 1170 g/mol. The number of nitrogens with zero attached hydrogens (tertiary/aromatic N) is 2. The van der Waals surface area contributed by atoms with E-state index in [2.05, 4.69) is 25.3 Å². The highest BCUT2D eigenvalue weighted by molar-refractivity contribution is 7.13. The lowest BCUT2D eigenvalue weighted by molar-refractivity contribution is -0.172. The number of nitriles is 1.